The molecule has 0 aromatic carbocycles. The molecule has 12 heterocycles. The number of ether oxygens (including phenoxy) is 4. The number of fused-ring (bicyclic) bond motifs is 4. The zero-order chi connectivity index (χ0) is 61.4. The zero-order valence-electron chi connectivity index (χ0n) is 47.0. The number of hydrogen-bond donors (Lipinski definition) is 14. The van der Waals surface area contributed by atoms with Crippen molar-refractivity contribution < 1.29 is 86.5 Å². The lowest BCUT2D eigenvalue weighted by atomic mass is 10.1. The Kier molecular flexibility index (Phi) is 14.4. The Morgan fingerprint density at radius 1 is 0.461 bits per heavy atom. The number of nitrogen functional groups attached to an aromatic ring is 4. The molecule has 4 aliphatic rings. The van der Waals surface area contributed by atoms with Gasteiger partial charge >= 0.3 is 0 Å². The number of rotatable bonds is 8. The normalized spacial score (nSPS) is 30.1. The summed E-state index contributed by atoms with van der Waals surface area (Å²) in [5.74, 6) is 0.433. The van der Waals surface area contributed by atoms with Crippen molar-refractivity contribution in [2.45, 2.75) is 98.8 Å². The molecule has 36 nitrogen and oxygen atoms in total. The molecule has 12 rings (SSSR count). The molecule has 22 N–H and O–H groups in total. The van der Waals surface area contributed by atoms with Crippen LogP contribution in [-0.4, -0.2) is 233 Å². The van der Waals surface area contributed by atoms with E-state index in [1.807, 2.05) is 0 Å². The highest BCUT2D eigenvalue weighted by Crippen LogP contribution is 2.35. The molecule has 4 saturated heterocycles. The molecule has 4 aliphatic heterocycles. The van der Waals surface area contributed by atoms with E-state index in [-0.39, 0.29) is 96.6 Å². The summed E-state index contributed by atoms with van der Waals surface area (Å²) in [5.41, 5.74) is 30.4. The summed E-state index contributed by atoms with van der Waals surface area (Å²) in [4.78, 5) is 46.7. The third-order valence-corrected chi connectivity index (χ3v) is 12.2. The van der Waals surface area contributed by atoms with Gasteiger partial charge in [0.05, 0.1) is 63.9 Å². The molecule has 0 bridgehead atoms. The van der Waals surface area contributed by atoms with E-state index in [1.165, 1.54) is 34.4 Å². The Hall–Kier alpha value is -7.24. The number of aliphatic hydroxyl groups is 10. The van der Waals surface area contributed by atoms with E-state index < -0.39 is 93.1 Å². The van der Waals surface area contributed by atoms with Crippen molar-refractivity contribution in [3.63, 3.8) is 0 Å². The van der Waals surface area contributed by atoms with Crippen molar-refractivity contribution in [3.8, 4) is 0 Å². The highest BCUT2D eigenvalue weighted by molar-refractivity contribution is 5.83. The van der Waals surface area contributed by atoms with Gasteiger partial charge in [-0.2, -0.15) is 0 Å². The van der Waals surface area contributed by atoms with Gasteiger partial charge < -0.3 is 104 Å². The lowest BCUT2D eigenvalue weighted by Gasteiger charge is -2.16. The molecule has 76 heavy (non-hydrogen) atoms. The average molecular weight is 1080 g/mol. The molecule has 0 spiro atoms. The summed E-state index contributed by atoms with van der Waals surface area (Å²) in [7, 11) is 0. The van der Waals surface area contributed by atoms with Gasteiger partial charge in [0, 0.05) is 12.8 Å². The molecular weight excluding hydrogens is 1020 g/mol. The van der Waals surface area contributed by atoms with Gasteiger partial charge in [-0.3, -0.25) is 18.3 Å². The van der Waals surface area contributed by atoms with Gasteiger partial charge in [-0.1, -0.05) is 0 Å². The molecule has 4 fully saturated rings. The lowest BCUT2D eigenvalue weighted by Crippen LogP contribution is -2.33. The maximum atomic E-state index is 10.0. The van der Waals surface area contributed by atoms with Crippen molar-refractivity contribution >= 4 is 67.9 Å². The fourth-order valence-electron chi connectivity index (χ4n) is 8.39. The third-order valence-electron chi connectivity index (χ3n) is 12.2. The third kappa shape index (κ3) is 10.6. The Bertz CT molecular complexity index is 3470. The van der Waals surface area contributed by atoms with Gasteiger partial charge in [0.15, 0.2) is 70.8 Å². The topological polar surface area (TPSA) is 581 Å². The SMILES string of the molecule is Nc1ncnc2c1ncn2[C@@H]1O[C@H](CO)C[C@H]1O.Nc1ncnc2c1ncn2[C@@H]1O[C@H](CO)[C@H](O)[C@H]1O.[2H]O[2H].[2H]O[2H].[2H]c1nc(N)c2nc([2H])n([C@@H]3O[C@H](CO)C[C@H]3O)c2n1.[2H]c1nc(N)c2nc([2H])n([C@@H]3O[C@H](CO)[C@H](O)[C@H]3O)c2n1. The molecule has 0 radical (unpaired) electrons. The highest BCUT2D eigenvalue weighted by atomic mass is 16.6. The van der Waals surface area contributed by atoms with E-state index in [0.717, 1.165) is 4.57 Å². The van der Waals surface area contributed by atoms with Gasteiger partial charge in [-0.25, -0.2) is 59.8 Å². The Morgan fingerprint density at radius 3 is 1.21 bits per heavy atom. The maximum Gasteiger partial charge on any atom is 0.206 e. The van der Waals surface area contributed by atoms with E-state index in [0.29, 0.717) is 28.7 Å². The van der Waals surface area contributed by atoms with Crippen LogP contribution in [0.5, 0.6) is 0 Å². The van der Waals surface area contributed by atoms with Crippen LogP contribution in [0.1, 0.15) is 43.2 Å². The molecule has 0 aliphatic carbocycles. The smallest absolute Gasteiger partial charge is 0.206 e. The van der Waals surface area contributed by atoms with Crippen molar-refractivity contribution in [1.82, 2.24) is 78.1 Å². The van der Waals surface area contributed by atoms with Crippen LogP contribution in [0.2, 0.25) is 0 Å². The van der Waals surface area contributed by atoms with Crippen LogP contribution in [0.25, 0.3) is 44.7 Å². The predicted octanol–water partition coefficient (Wildman–Crippen LogP) is -7.51. The molecule has 0 saturated carbocycles. The predicted molar refractivity (Wildman–Crippen MR) is 255 cm³/mol. The van der Waals surface area contributed by atoms with Gasteiger partial charge in [-0.15, -0.1) is 0 Å². The van der Waals surface area contributed by atoms with Crippen LogP contribution in [0, 0.1) is 0 Å². The fraction of sp³-hybridized carbons (Fsp3) is 0.500. The van der Waals surface area contributed by atoms with Crippen molar-refractivity contribution in [2.75, 3.05) is 49.4 Å². The van der Waals surface area contributed by atoms with Crippen molar-refractivity contribution in [1.29, 1.82) is 5.72 Å². The van der Waals surface area contributed by atoms with Crippen LogP contribution in [0.3, 0.4) is 0 Å². The quantitative estimate of drug-likeness (QED) is 0.0672. The minimum atomic E-state index is -1.38. The molecule has 412 valence electrons. The Balaban J connectivity index is 0.000000156. The molecule has 8 aromatic rings. The lowest BCUT2D eigenvalue weighted by molar-refractivity contribution is -0.0511. The average Bonchev–Trinajstić information content (AvgIpc) is 2.38. The van der Waals surface area contributed by atoms with Gasteiger partial charge in [0.25, 0.3) is 0 Å². The minimum Gasteiger partial charge on any atom is -0.412 e. The molecule has 14 atom stereocenters. The number of nitrogens with zero attached hydrogens (tertiary/aromatic N) is 16. The summed E-state index contributed by atoms with van der Waals surface area (Å²) in [6.07, 6.45) is -8.00. The zero-order valence-corrected chi connectivity index (χ0v) is 39.0. The summed E-state index contributed by atoms with van der Waals surface area (Å²) in [6, 6.07) is 0. The number of aliphatic hydroxyl groups excluding tert-OH is 10. The van der Waals surface area contributed by atoms with Gasteiger partial charge in [0.1, 0.15) is 102 Å². The molecular formula is C40H56N20O16. The first-order valence-corrected chi connectivity index (χ1v) is 22.3. The first kappa shape index (κ1) is 46.1. The second-order valence-electron chi connectivity index (χ2n) is 16.8. The first-order chi connectivity index (χ1) is 40.1. The summed E-state index contributed by atoms with van der Waals surface area (Å²) < 4.78 is 79.3. The van der Waals surface area contributed by atoms with Crippen LogP contribution >= 0.6 is 0 Å². The van der Waals surface area contributed by atoms with Crippen LogP contribution in [0.4, 0.5) is 23.3 Å². The first-order valence-electron chi connectivity index (χ1n) is 25.9. The van der Waals surface area contributed by atoms with Crippen molar-refractivity contribution in [3.05, 3.63) is 50.5 Å². The Labute approximate surface area is 436 Å². The van der Waals surface area contributed by atoms with E-state index >= 15 is 0 Å². The Morgan fingerprint density at radius 2 is 0.816 bits per heavy atom. The number of hydrogen-bond acceptors (Lipinski definition) is 30. The standard InChI is InChI=1S/2C10H13N5O4.2C10H13N5O3.2H2O/c2*11-8-5-9(13-2-12-8)15(3-14-5)10-7(18)6(17)4(1-16)19-10;2*11-8-7-9(13-3-12-8)15(4-14-7)10-6(17)1-5(2-16)18-10;;/h2*2-4,6-7,10,16-18H,1H2,(H2,11,12,13);2*3-6,10,16-17H,1-2H2,(H2,11,12,13);2*1H2/t2*4-,6+,7-,10-;2*5-,6+,10+;;/m1100../s1/i2D,3D;;3D,4D;;;/hD4. The molecule has 0 amide bonds. The van der Waals surface area contributed by atoms with E-state index in [1.54, 1.807) is 4.57 Å². The summed E-state index contributed by atoms with van der Waals surface area (Å²) in [5, 5.41) is 95.7. The van der Waals surface area contributed by atoms with Crippen molar-refractivity contribution in [2.24, 2.45) is 0 Å². The van der Waals surface area contributed by atoms with E-state index in [2.05, 4.69) is 70.8 Å². The second kappa shape index (κ2) is 23.8. The monoisotopic (exact) mass is 1080 g/mol. The maximum absolute atomic E-state index is 10.0. The van der Waals surface area contributed by atoms with E-state index in [4.69, 9.17) is 73.5 Å². The number of aromatic nitrogens is 16. The molecule has 36 heteroatoms. The fourth-order valence-corrected chi connectivity index (χ4v) is 8.39. The summed E-state index contributed by atoms with van der Waals surface area (Å²) >= 11 is 0. The summed E-state index contributed by atoms with van der Waals surface area (Å²) in [6.45, 7) is -1.24. The highest BCUT2D eigenvalue weighted by Gasteiger charge is 2.45. The van der Waals surface area contributed by atoms with Crippen LogP contribution < -0.4 is 22.9 Å². The molecule has 0 unspecified atom stereocenters. The largest absolute Gasteiger partial charge is 0.412 e. The van der Waals surface area contributed by atoms with Gasteiger partial charge in [0.2, 0.25) is 5.72 Å². The van der Waals surface area contributed by atoms with E-state index in [9.17, 15) is 30.6 Å². The number of anilines is 4. The van der Waals surface area contributed by atoms with Crippen LogP contribution in [0.15, 0.2) is 50.5 Å². The van der Waals surface area contributed by atoms with Gasteiger partial charge in [-0.05, 0) is 0 Å². The van der Waals surface area contributed by atoms with Crippen LogP contribution in [-0.2, 0) is 18.9 Å². The second-order valence-corrected chi connectivity index (χ2v) is 16.8. The number of nitrogens with two attached hydrogens (primary N) is 4. The minimum absolute atomic E-state index is 0.00144. The molecule has 8 aromatic heterocycles. The number of imidazole rings is 4.